The monoisotopic (exact) mass is 876 g/mol. The molecule has 0 saturated carbocycles. The maximum absolute atomic E-state index is 13.1. The summed E-state index contributed by atoms with van der Waals surface area (Å²) in [7, 11) is 0. The van der Waals surface area contributed by atoms with Crippen molar-refractivity contribution in [1.82, 2.24) is 13.2 Å². The predicted molar refractivity (Wildman–Crippen MR) is 259 cm³/mol. The molecule has 330 valence electrons. The molecular weight excluding hydrogens is 829 g/mol. The van der Waals surface area contributed by atoms with Crippen molar-refractivity contribution < 1.29 is 30.0 Å². The lowest BCUT2D eigenvalue weighted by molar-refractivity contribution is -0.111. The van der Waals surface area contributed by atoms with Gasteiger partial charge in [0.15, 0.2) is 22.9 Å². The van der Waals surface area contributed by atoms with Crippen molar-refractivity contribution >= 4 is 51.0 Å². The Morgan fingerprint density at radius 2 is 0.758 bits per heavy atom. The minimum atomic E-state index is -0.321. The Morgan fingerprint density at radius 3 is 1.15 bits per heavy atom. The van der Waals surface area contributed by atoms with Crippen LogP contribution in [-0.4, -0.2) is 63.3 Å². The third kappa shape index (κ3) is 8.93. The van der Waals surface area contributed by atoms with Gasteiger partial charge in [-0.1, -0.05) is 125 Å². The van der Waals surface area contributed by atoms with E-state index in [1.807, 2.05) is 163 Å². The third-order valence-corrected chi connectivity index (χ3v) is 11.2. The predicted octanol–water partition coefficient (Wildman–Crippen LogP) is 10.9. The summed E-state index contributed by atoms with van der Waals surface area (Å²) in [6, 6.07) is 51.1. The third-order valence-electron chi connectivity index (χ3n) is 11.2. The maximum Gasteiger partial charge on any atom is 0.216 e. The molecule has 9 rings (SSSR count). The quantitative estimate of drug-likeness (QED) is 0.0566. The van der Waals surface area contributed by atoms with E-state index in [4.69, 9.17) is 5.21 Å². The van der Waals surface area contributed by atoms with Gasteiger partial charge in [-0.05, 0) is 106 Å². The first-order valence-electron chi connectivity index (χ1n) is 21.1. The van der Waals surface area contributed by atoms with Gasteiger partial charge in [0.1, 0.15) is 0 Å². The lowest BCUT2D eigenvalue weighted by Crippen LogP contribution is -2.19. The number of nitrogens with zero attached hydrogens (tertiary/aromatic N) is 6. The highest BCUT2D eigenvalue weighted by atomic mass is 16.4. The summed E-state index contributed by atoms with van der Waals surface area (Å²) in [6.07, 6.45) is 0. The van der Waals surface area contributed by atoms with Crippen molar-refractivity contribution in [3.8, 4) is 11.1 Å². The first-order valence-corrected chi connectivity index (χ1v) is 21.1. The first-order chi connectivity index (χ1) is 31.9. The molecule has 3 N–H and O–H groups in total. The lowest BCUT2D eigenvalue weighted by atomic mass is 9.98. The Balaban J connectivity index is 0.000000151. The number of fused-ring (bicyclic) bond motifs is 3. The summed E-state index contributed by atoms with van der Waals surface area (Å²) in [5.41, 5.74) is 12.5. The molecule has 12 heteroatoms. The van der Waals surface area contributed by atoms with Crippen LogP contribution in [0.4, 0.5) is 0 Å². The molecule has 0 amide bonds. The Labute approximate surface area is 381 Å². The van der Waals surface area contributed by atoms with Gasteiger partial charge in [-0.15, -0.1) is 0 Å². The second kappa shape index (κ2) is 19.8. The van der Waals surface area contributed by atoms with E-state index in [0.29, 0.717) is 28.2 Å². The lowest BCUT2D eigenvalue weighted by Gasteiger charge is -2.11. The van der Waals surface area contributed by atoms with Gasteiger partial charge in [0.05, 0.1) is 17.1 Å². The van der Waals surface area contributed by atoms with Crippen molar-refractivity contribution in [2.24, 2.45) is 15.5 Å². The molecule has 0 bridgehead atoms. The number of carbonyl (C=O) groups is 3. The molecule has 0 aliphatic heterocycles. The van der Waals surface area contributed by atoms with Crippen LogP contribution >= 0.6 is 0 Å². The minimum absolute atomic E-state index is 0.0225. The van der Waals surface area contributed by atoms with E-state index in [1.54, 1.807) is 48.5 Å². The van der Waals surface area contributed by atoms with Crippen LogP contribution in [0.5, 0.6) is 0 Å². The second-order valence-electron chi connectivity index (χ2n) is 15.7. The summed E-state index contributed by atoms with van der Waals surface area (Å²) < 4.78 is 5.81. The van der Waals surface area contributed by atoms with Crippen molar-refractivity contribution in [2.75, 3.05) is 0 Å². The standard InChI is InChI=1S/C23H18N2O2.C18H16N2O2.C13H14N2O2/c1-16-9-8-14-19-15-20(17-10-4-2-5-11-17)22(25(16)19)21(24-27)23(26)18-12-6-3-7-13-18;1-12-11-15-10-6-7-13(2)20(15)17(12)16(19-22)18(21)14-8-4-3-5-9-14;1-8-7-11-6-4-5-9(2)15(11)13(8)12(14-17)10(3)16/h2-15,27H,1H3;3-11,22H,1-2H3;4-7,17H,1-3H3. The number of oxime groups is 3. The fourth-order valence-electron chi connectivity index (χ4n) is 8.23. The fourth-order valence-corrected chi connectivity index (χ4v) is 8.23. The summed E-state index contributed by atoms with van der Waals surface area (Å²) in [5, 5.41) is 38.1. The van der Waals surface area contributed by atoms with Gasteiger partial charge in [-0.3, -0.25) is 14.4 Å². The van der Waals surface area contributed by atoms with Crippen LogP contribution in [0.1, 0.15) is 72.9 Å². The van der Waals surface area contributed by atoms with E-state index in [2.05, 4.69) is 15.5 Å². The average Bonchev–Trinajstić information content (AvgIpc) is 4.00. The molecule has 3 aromatic carbocycles. The molecular formula is C54H48N6O6. The van der Waals surface area contributed by atoms with Crippen molar-refractivity contribution in [1.29, 1.82) is 0 Å². The van der Waals surface area contributed by atoms with E-state index < -0.39 is 0 Å². The zero-order valence-electron chi connectivity index (χ0n) is 37.3. The summed E-state index contributed by atoms with van der Waals surface area (Å²) in [4.78, 5) is 37.3. The number of hydrogen-bond donors (Lipinski definition) is 3. The normalized spacial score (nSPS) is 11.8. The Morgan fingerprint density at radius 1 is 0.409 bits per heavy atom. The Kier molecular flexibility index (Phi) is 13.6. The van der Waals surface area contributed by atoms with E-state index in [9.17, 15) is 24.8 Å². The molecule has 0 radical (unpaired) electrons. The number of aromatic nitrogens is 3. The molecule has 0 spiro atoms. The zero-order chi connectivity index (χ0) is 47.1. The molecule has 0 saturated heterocycles. The number of benzene rings is 3. The Bertz CT molecular complexity index is 3340. The molecule has 0 atom stereocenters. The van der Waals surface area contributed by atoms with Crippen LogP contribution in [0, 0.1) is 34.6 Å². The number of ketones is 3. The van der Waals surface area contributed by atoms with Crippen LogP contribution < -0.4 is 0 Å². The molecule has 12 nitrogen and oxygen atoms in total. The number of aryl methyl sites for hydroxylation is 5. The largest absolute Gasteiger partial charge is 0.410 e. The van der Waals surface area contributed by atoms with Gasteiger partial charge in [-0.25, -0.2) is 0 Å². The second-order valence-corrected chi connectivity index (χ2v) is 15.7. The van der Waals surface area contributed by atoms with Crippen LogP contribution in [0.25, 0.3) is 27.7 Å². The van der Waals surface area contributed by atoms with Gasteiger partial charge >= 0.3 is 0 Å². The number of hydrogen-bond acceptors (Lipinski definition) is 9. The molecule has 0 aliphatic carbocycles. The summed E-state index contributed by atoms with van der Waals surface area (Å²) in [5.74, 6) is -0.869. The SMILES string of the molecule is CC(=O)C(=NO)c1c(C)cc2cccc(C)n12.Cc1cc2cccc(C)n2c1C(=NO)C(=O)c1ccccc1.Cc1cccc2cc(-c3ccccc3)c(C(=NO)C(=O)c3ccccc3)n12. The van der Waals surface area contributed by atoms with Crippen molar-refractivity contribution in [3.05, 3.63) is 220 Å². The van der Waals surface area contributed by atoms with Gasteiger partial charge in [0.25, 0.3) is 0 Å². The van der Waals surface area contributed by atoms with E-state index in [0.717, 1.165) is 55.9 Å². The average molecular weight is 877 g/mol. The minimum Gasteiger partial charge on any atom is -0.410 e. The van der Waals surface area contributed by atoms with E-state index in [-0.39, 0.29) is 34.5 Å². The fraction of sp³-hybridized carbons (Fsp3) is 0.111. The molecule has 9 aromatic rings. The topological polar surface area (TPSA) is 162 Å². The maximum atomic E-state index is 13.1. The highest BCUT2D eigenvalue weighted by Crippen LogP contribution is 2.30. The van der Waals surface area contributed by atoms with Gasteiger partial charge in [0, 0.05) is 57.2 Å². The summed E-state index contributed by atoms with van der Waals surface area (Å²) in [6.45, 7) is 11.1. The van der Waals surface area contributed by atoms with Crippen LogP contribution in [0.3, 0.4) is 0 Å². The molecule has 0 fully saturated rings. The molecule has 66 heavy (non-hydrogen) atoms. The number of pyridine rings is 3. The molecule has 0 aliphatic rings. The number of Topliss-reactive ketones (excluding diaryl/α,β-unsaturated/α-hetero) is 3. The van der Waals surface area contributed by atoms with Gasteiger partial charge < -0.3 is 28.8 Å². The van der Waals surface area contributed by atoms with Crippen molar-refractivity contribution in [3.63, 3.8) is 0 Å². The number of rotatable bonds is 9. The van der Waals surface area contributed by atoms with E-state index >= 15 is 0 Å². The first kappa shape index (κ1) is 45.4. The smallest absolute Gasteiger partial charge is 0.216 e. The highest BCUT2D eigenvalue weighted by molar-refractivity contribution is 6.52. The molecule has 0 unspecified atom stereocenters. The number of carbonyl (C=O) groups excluding carboxylic acids is 3. The van der Waals surface area contributed by atoms with Crippen LogP contribution in [0.15, 0.2) is 179 Å². The summed E-state index contributed by atoms with van der Waals surface area (Å²) >= 11 is 0. The zero-order valence-corrected chi connectivity index (χ0v) is 37.3. The van der Waals surface area contributed by atoms with Crippen LogP contribution in [0.2, 0.25) is 0 Å². The highest BCUT2D eigenvalue weighted by Gasteiger charge is 2.26. The van der Waals surface area contributed by atoms with Crippen molar-refractivity contribution in [2.45, 2.75) is 41.5 Å². The Hall–Kier alpha value is -8.64. The van der Waals surface area contributed by atoms with Crippen LogP contribution in [-0.2, 0) is 4.79 Å². The molecule has 6 heterocycles. The van der Waals surface area contributed by atoms with E-state index in [1.165, 1.54) is 6.92 Å². The molecule has 6 aromatic heterocycles. The van der Waals surface area contributed by atoms with Gasteiger partial charge in [0.2, 0.25) is 11.6 Å². The van der Waals surface area contributed by atoms with Gasteiger partial charge in [-0.2, -0.15) is 0 Å².